The molecule has 0 saturated heterocycles. The molecule has 3 nitrogen and oxygen atoms in total. The molecule has 0 heterocycles. The fraction of sp³-hybridized carbons (Fsp3) is 0.0769. The van der Waals surface area contributed by atoms with Crippen LogP contribution in [0.4, 0.5) is 35.1 Å². The Morgan fingerprint density at radius 1 is 0.560 bits per heavy atom. The number of hydrogen-bond acceptors (Lipinski definition) is 3. The monoisotopic (exact) mass is 370 g/mol. The van der Waals surface area contributed by atoms with Gasteiger partial charge in [-0.1, -0.05) is 0 Å². The molecule has 2 aromatic carbocycles. The molecule has 1 aliphatic rings. The van der Waals surface area contributed by atoms with Gasteiger partial charge in [0.05, 0.1) is 0 Å². The highest BCUT2D eigenvalue weighted by Gasteiger charge is 2.45. The molecule has 0 aliphatic heterocycles. The molecule has 1 aliphatic carbocycles. The molecule has 3 rings (SSSR count). The minimum Gasteiger partial charge on any atom is -0.402 e. The predicted octanol–water partition coefficient (Wildman–Crippen LogP) is 2.86. The standard InChI is InChI=1S/C13H3BF8O3/c15-5-1-2-4(8(18)12(22)10(20)6(2)16)13(25-14(23)24)3(1)7(17)11(21)9(5)19/h13,23-24H. The summed E-state index contributed by atoms with van der Waals surface area (Å²) in [4.78, 5) is 0. The van der Waals surface area contributed by atoms with Crippen LogP contribution in [0.15, 0.2) is 0 Å². The molecule has 0 saturated carbocycles. The van der Waals surface area contributed by atoms with Crippen LogP contribution >= 0.6 is 0 Å². The van der Waals surface area contributed by atoms with Gasteiger partial charge in [-0.2, -0.15) is 0 Å². The van der Waals surface area contributed by atoms with Crippen molar-refractivity contribution < 1.29 is 49.8 Å². The first-order valence-electron chi connectivity index (χ1n) is 6.33. The van der Waals surface area contributed by atoms with E-state index in [4.69, 9.17) is 10.0 Å². The van der Waals surface area contributed by atoms with Crippen LogP contribution in [0.5, 0.6) is 0 Å². The smallest absolute Gasteiger partial charge is 0.402 e. The molecular weight excluding hydrogens is 367 g/mol. The highest BCUT2D eigenvalue weighted by Crippen LogP contribution is 2.51. The average Bonchev–Trinajstić information content (AvgIpc) is 2.88. The van der Waals surface area contributed by atoms with Gasteiger partial charge in [0.25, 0.3) is 0 Å². The molecule has 0 spiro atoms. The van der Waals surface area contributed by atoms with Gasteiger partial charge in [0, 0.05) is 22.3 Å². The summed E-state index contributed by atoms with van der Waals surface area (Å²) < 4.78 is 114. The first kappa shape index (κ1) is 17.6. The Kier molecular flexibility index (Phi) is 4.01. The van der Waals surface area contributed by atoms with Crippen LogP contribution in [-0.4, -0.2) is 17.4 Å². The van der Waals surface area contributed by atoms with Crippen molar-refractivity contribution in [3.63, 3.8) is 0 Å². The molecule has 0 aromatic heterocycles. The van der Waals surface area contributed by atoms with Crippen molar-refractivity contribution >= 4 is 7.32 Å². The molecule has 25 heavy (non-hydrogen) atoms. The van der Waals surface area contributed by atoms with Gasteiger partial charge < -0.3 is 14.7 Å². The van der Waals surface area contributed by atoms with Crippen molar-refractivity contribution in [2.24, 2.45) is 0 Å². The SMILES string of the molecule is OB(O)OC1c2c(F)c(F)c(F)c(F)c2-c2c(F)c(F)c(F)c(F)c21. The molecule has 0 fully saturated rings. The minimum absolute atomic E-state index is 1.39. The minimum atomic E-state index is -2.81. The summed E-state index contributed by atoms with van der Waals surface area (Å²) in [6.45, 7) is 0. The largest absolute Gasteiger partial charge is 0.634 e. The zero-order chi connectivity index (χ0) is 18.8. The van der Waals surface area contributed by atoms with Crippen LogP contribution in [0.1, 0.15) is 17.2 Å². The molecule has 12 heteroatoms. The van der Waals surface area contributed by atoms with Crippen molar-refractivity contribution in [3.8, 4) is 11.1 Å². The van der Waals surface area contributed by atoms with E-state index in [0.717, 1.165) is 0 Å². The highest BCUT2D eigenvalue weighted by molar-refractivity contribution is 6.32. The van der Waals surface area contributed by atoms with Crippen LogP contribution in [0.3, 0.4) is 0 Å². The van der Waals surface area contributed by atoms with Gasteiger partial charge in [-0.25, -0.2) is 35.1 Å². The molecule has 0 radical (unpaired) electrons. The van der Waals surface area contributed by atoms with E-state index in [1.165, 1.54) is 0 Å². The van der Waals surface area contributed by atoms with Gasteiger partial charge in [0.15, 0.2) is 46.5 Å². The van der Waals surface area contributed by atoms with Crippen molar-refractivity contribution in [2.75, 3.05) is 0 Å². The molecular formula is C13H3BF8O3. The van der Waals surface area contributed by atoms with Crippen LogP contribution in [-0.2, 0) is 4.65 Å². The Morgan fingerprint density at radius 2 is 0.880 bits per heavy atom. The number of rotatable bonds is 2. The van der Waals surface area contributed by atoms with E-state index in [9.17, 15) is 35.1 Å². The Hall–Kier alpha value is -2.18. The molecule has 0 amide bonds. The van der Waals surface area contributed by atoms with E-state index >= 15 is 0 Å². The third kappa shape index (κ3) is 2.24. The maximum Gasteiger partial charge on any atom is 0.634 e. The summed E-state index contributed by atoms with van der Waals surface area (Å²) >= 11 is 0. The maximum absolute atomic E-state index is 14.0. The van der Waals surface area contributed by atoms with Gasteiger partial charge in [-0.3, -0.25) is 0 Å². The third-order valence-electron chi connectivity index (χ3n) is 3.64. The van der Waals surface area contributed by atoms with Crippen molar-refractivity contribution in [1.29, 1.82) is 0 Å². The lowest BCUT2D eigenvalue weighted by Crippen LogP contribution is -2.22. The van der Waals surface area contributed by atoms with Crippen LogP contribution < -0.4 is 0 Å². The van der Waals surface area contributed by atoms with Crippen molar-refractivity contribution in [3.05, 3.63) is 57.7 Å². The van der Waals surface area contributed by atoms with E-state index in [-0.39, 0.29) is 0 Å². The summed E-state index contributed by atoms with van der Waals surface area (Å²) in [7, 11) is -2.81. The van der Waals surface area contributed by atoms with Gasteiger partial charge in [0.2, 0.25) is 0 Å². The summed E-state index contributed by atoms with van der Waals surface area (Å²) in [6, 6.07) is 0. The molecule has 0 bridgehead atoms. The zero-order valence-electron chi connectivity index (χ0n) is 11.5. The lowest BCUT2D eigenvalue weighted by molar-refractivity contribution is 0.139. The van der Waals surface area contributed by atoms with Gasteiger partial charge in [-0.15, -0.1) is 0 Å². The van der Waals surface area contributed by atoms with Gasteiger partial charge in [-0.05, 0) is 0 Å². The topological polar surface area (TPSA) is 49.7 Å². The van der Waals surface area contributed by atoms with E-state index in [2.05, 4.69) is 4.65 Å². The molecule has 0 atom stereocenters. The van der Waals surface area contributed by atoms with Crippen LogP contribution in [0.2, 0.25) is 0 Å². The summed E-state index contributed by atoms with van der Waals surface area (Å²) in [5.74, 6) is -18.4. The predicted molar refractivity (Wildman–Crippen MR) is 64.7 cm³/mol. The molecule has 132 valence electrons. The van der Waals surface area contributed by atoms with E-state index in [0.29, 0.717) is 0 Å². The second kappa shape index (κ2) is 5.68. The maximum atomic E-state index is 14.0. The summed E-state index contributed by atoms with van der Waals surface area (Å²) in [5.41, 5.74) is -5.70. The average molecular weight is 370 g/mol. The van der Waals surface area contributed by atoms with Crippen molar-refractivity contribution in [2.45, 2.75) is 6.10 Å². The molecule has 2 aromatic rings. The quantitative estimate of drug-likeness (QED) is 0.370. The Bertz CT molecular complexity index is 848. The lowest BCUT2D eigenvalue weighted by atomic mass is 10.0. The van der Waals surface area contributed by atoms with E-state index < -0.39 is 82.2 Å². The zero-order valence-corrected chi connectivity index (χ0v) is 11.5. The molecule has 0 unspecified atom stereocenters. The van der Waals surface area contributed by atoms with Gasteiger partial charge in [0.1, 0.15) is 6.10 Å². The second-order valence-corrected chi connectivity index (χ2v) is 4.93. The first-order valence-corrected chi connectivity index (χ1v) is 6.33. The lowest BCUT2D eigenvalue weighted by Gasteiger charge is -2.16. The number of fused-ring (bicyclic) bond motifs is 3. The summed E-state index contributed by atoms with van der Waals surface area (Å²) in [5, 5.41) is 17.6. The highest BCUT2D eigenvalue weighted by atomic mass is 19.2. The van der Waals surface area contributed by atoms with Crippen LogP contribution in [0, 0.1) is 46.5 Å². The summed E-state index contributed by atoms with van der Waals surface area (Å²) in [6.07, 6.45) is -2.49. The molecule has 2 N–H and O–H groups in total. The number of hydrogen-bond donors (Lipinski definition) is 2. The number of benzene rings is 2. The Morgan fingerprint density at radius 3 is 1.20 bits per heavy atom. The van der Waals surface area contributed by atoms with E-state index in [1.807, 2.05) is 0 Å². The first-order chi connectivity index (χ1) is 11.6. The normalized spacial score (nSPS) is 13.2. The second-order valence-electron chi connectivity index (χ2n) is 4.93. The van der Waals surface area contributed by atoms with E-state index in [1.54, 1.807) is 0 Å². The Labute approximate surface area is 133 Å². The third-order valence-corrected chi connectivity index (χ3v) is 3.64. The van der Waals surface area contributed by atoms with Crippen molar-refractivity contribution in [1.82, 2.24) is 0 Å². The van der Waals surface area contributed by atoms with Crippen LogP contribution in [0.25, 0.3) is 11.1 Å². The number of halogens is 8. The van der Waals surface area contributed by atoms with Gasteiger partial charge >= 0.3 is 7.32 Å². The fourth-order valence-electron chi connectivity index (χ4n) is 2.68. The fourth-order valence-corrected chi connectivity index (χ4v) is 2.68. The Balaban J connectivity index is 2.52.